The molecule has 0 amide bonds. The van der Waals surface area contributed by atoms with E-state index in [0.29, 0.717) is 6.42 Å². The Labute approximate surface area is 176 Å². The van der Waals surface area contributed by atoms with Gasteiger partial charge in [0.2, 0.25) is 0 Å². The van der Waals surface area contributed by atoms with Crippen LogP contribution in [0.5, 0.6) is 0 Å². The molecule has 0 aromatic carbocycles. The third-order valence-electron chi connectivity index (χ3n) is 5.99. The van der Waals surface area contributed by atoms with Gasteiger partial charge < -0.3 is 29.2 Å². The summed E-state index contributed by atoms with van der Waals surface area (Å²) in [5, 5.41) is 19.9. The van der Waals surface area contributed by atoms with Gasteiger partial charge in [0, 0.05) is 39.6 Å². The van der Waals surface area contributed by atoms with Crippen LogP contribution in [0.3, 0.4) is 0 Å². The molecule has 0 spiro atoms. The summed E-state index contributed by atoms with van der Waals surface area (Å²) in [5.41, 5.74) is 1.17. The molecule has 6 nitrogen and oxygen atoms in total. The first kappa shape index (κ1) is 26.3. The van der Waals surface area contributed by atoms with Crippen LogP contribution >= 0.6 is 0 Å². The Kier molecular flexibility index (Phi) is 12.3. The van der Waals surface area contributed by atoms with Gasteiger partial charge in [-0.15, -0.1) is 0 Å². The predicted octanol–water partition coefficient (Wildman–Crippen LogP) is 3.12. The molecule has 0 bridgehead atoms. The van der Waals surface area contributed by atoms with Gasteiger partial charge in [0.15, 0.2) is 0 Å². The third kappa shape index (κ3) is 8.48. The number of aliphatic hydroxyl groups is 2. The SMILES string of the molecule is CCC(OC)C(C)C1OC1C(O)C(C)/C=C/C=C(\C)CC(CC(CO)OC)OC. The maximum absolute atomic E-state index is 10.6. The Hall–Kier alpha value is -0.760. The van der Waals surface area contributed by atoms with Crippen LogP contribution in [-0.4, -0.2) is 74.8 Å². The summed E-state index contributed by atoms with van der Waals surface area (Å²) >= 11 is 0. The summed E-state index contributed by atoms with van der Waals surface area (Å²) in [5.74, 6) is 0.262. The quantitative estimate of drug-likeness (QED) is 0.317. The van der Waals surface area contributed by atoms with E-state index in [0.717, 1.165) is 12.8 Å². The third-order valence-corrected chi connectivity index (χ3v) is 5.99. The van der Waals surface area contributed by atoms with Crippen molar-refractivity contribution in [2.75, 3.05) is 27.9 Å². The lowest BCUT2D eigenvalue weighted by Crippen LogP contribution is -2.30. The Morgan fingerprint density at radius 3 is 2.24 bits per heavy atom. The molecule has 1 aliphatic heterocycles. The van der Waals surface area contributed by atoms with Gasteiger partial charge in [0.05, 0.1) is 37.1 Å². The maximum atomic E-state index is 10.6. The highest BCUT2D eigenvalue weighted by Gasteiger charge is 2.50. The van der Waals surface area contributed by atoms with Crippen molar-refractivity contribution < 1.29 is 29.2 Å². The van der Waals surface area contributed by atoms with Crippen LogP contribution in [0.25, 0.3) is 0 Å². The highest BCUT2D eigenvalue weighted by molar-refractivity contribution is 5.13. The van der Waals surface area contributed by atoms with E-state index in [1.54, 1.807) is 21.3 Å². The topological polar surface area (TPSA) is 80.7 Å². The molecule has 8 atom stereocenters. The summed E-state index contributed by atoms with van der Waals surface area (Å²) < 4.78 is 22.0. The lowest BCUT2D eigenvalue weighted by molar-refractivity contribution is -0.00396. The van der Waals surface area contributed by atoms with Crippen LogP contribution in [0.15, 0.2) is 23.8 Å². The van der Waals surface area contributed by atoms with Crippen LogP contribution < -0.4 is 0 Å². The first-order valence-corrected chi connectivity index (χ1v) is 10.7. The summed E-state index contributed by atoms with van der Waals surface area (Å²) in [6.07, 6.45) is 7.74. The Balaban J connectivity index is 2.51. The molecular formula is C23H42O6. The summed E-state index contributed by atoms with van der Waals surface area (Å²) in [6, 6.07) is 0. The Morgan fingerprint density at radius 2 is 1.72 bits per heavy atom. The zero-order valence-electron chi connectivity index (χ0n) is 19.2. The van der Waals surface area contributed by atoms with Crippen LogP contribution in [-0.2, 0) is 18.9 Å². The van der Waals surface area contributed by atoms with Crippen molar-refractivity contribution in [1.82, 2.24) is 0 Å². The Morgan fingerprint density at radius 1 is 1.07 bits per heavy atom. The fourth-order valence-corrected chi connectivity index (χ4v) is 3.84. The van der Waals surface area contributed by atoms with Crippen molar-refractivity contribution in [3.63, 3.8) is 0 Å². The molecule has 1 aliphatic rings. The van der Waals surface area contributed by atoms with Crippen LogP contribution in [0.1, 0.15) is 47.0 Å². The van der Waals surface area contributed by atoms with E-state index in [4.69, 9.17) is 18.9 Å². The molecule has 1 heterocycles. The monoisotopic (exact) mass is 414 g/mol. The second-order valence-corrected chi connectivity index (χ2v) is 8.19. The van der Waals surface area contributed by atoms with E-state index < -0.39 is 6.10 Å². The van der Waals surface area contributed by atoms with Crippen LogP contribution in [0, 0.1) is 11.8 Å². The number of methoxy groups -OCH3 is 3. The number of epoxide rings is 1. The molecule has 6 heteroatoms. The van der Waals surface area contributed by atoms with E-state index >= 15 is 0 Å². The average molecular weight is 415 g/mol. The molecule has 29 heavy (non-hydrogen) atoms. The molecule has 0 aromatic rings. The minimum atomic E-state index is -0.527. The first-order valence-electron chi connectivity index (χ1n) is 10.7. The van der Waals surface area contributed by atoms with Crippen molar-refractivity contribution >= 4 is 0 Å². The smallest absolute Gasteiger partial charge is 0.111 e. The molecule has 1 fully saturated rings. The van der Waals surface area contributed by atoms with Crippen molar-refractivity contribution in [3.8, 4) is 0 Å². The standard InChI is InChI=1S/C23H42O6/c1-8-20(28-7)17(4)22-23(29-22)21(25)16(3)11-9-10-15(2)12-18(26-5)13-19(14-24)27-6/h9-11,16-25H,8,12-14H2,1-7H3/b11-9+,15-10+. The van der Waals surface area contributed by atoms with E-state index in [9.17, 15) is 10.2 Å². The maximum Gasteiger partial charge on any atom is 0.111 e. The van der Waals surface area contributed by atoms with E-state index in [2.05, 4.69) is 20.8 Å². The normalized spacial score (nSPS) is 26.2. The first-order chi connectivity index (χ1) is 13.8. The van der Waals surface area contributed by atoms with Gasteiger partial charge in [0.25, 0.3) is 0 Å². The van der Waals surface area contributed by atoms with Gasteiger partial charge in [-0.3, -0.25) is 0 Å². The van der Waals surface area contributed by atoms with Gasteiger partial charge in [-0.1, -0.05) is 44.6 Å². The second kappa shape index (κ2) is 13.5. The van der Waals surface area contributed by atoms with Crippen molar-refractivity contribution in [1.29, 1.82) is 0 Å². The molecule has 2 N–H and O–H groups in total. The highest BCUT2D eigenvalue weighted by atomic mass is 16.6. The number of allylic oxidation sites excluding steroid dienone is 2. The zero-order chi connectivity index (χ0) is 22.0. The molecular weight excluding hydrogens is 372 g/mol. The highest BCUT2D eigenvalue weighted by Crippen LogP contribution is 2.37. The largest absolute Gasteiger partial charge is 0.394 e. The molecule has 0 aliphatic carbocycles. The average Bonchev–Trinajstić information content (AvgIpc) is 3.51. The molecule has 0 aromatic heterocycles. The molecule has 0 radical (unpaired) electrons. The number of rotatable bonds is 15. The van der Waals surface area contributed by atoms with Gasteiger partial charge in [-0.05, 0) is 19.8 Å². The number of hydrogen-bond donors (Lipinski definition) is 2. The zero-order valence-corrected chi connectivity index (χ0v) is 19.2. The van der Waals surface area contributed by atoms with Crippen molar-refractivity contribution in [2.45, 2.75) is 83.6 Å². The van der Waals surface area contributed by atoms with Crippen LogP contribution in [0.2, 0.25) is 0 Å². The number of ether oxygens (including phenoxy) is 4. The lowest BCUT2D eigenvalue weighted by atomic mass is 9.91. The molecule has 0 saturated carbocycles. The minimum absolute atomic E-state index is 0.00523. The van der Waals surface area contributed by atoms with Gasteiger partial charge >= 0.3 is 0 Å². The van der Waals surface area contributed by atoms with E-state index in [1.165, 1.54) is 5.57 Å². The molecule has 1 saturated heterocycles. The summed E-state index contributed by atoms with van der Waals surface area (Å²) in [6.45, 7) is 8.27. The van der Waals surface area contributed by atoms with Crippen LogP contribution in [0.4, 0.5) is 0 Å². The predicted molar refractivity (Wildman–Crippen MR) is 115 cm³/mol. The Bertz CT molecular complexity index is 498. The molecule has 170 valence electrons. The molecule has 8 unspecified atom stereocenters. The summed E-state index contributed by atoms with van der Waals surface area (Å²) in [7, 11) is 5.00. The van der Waals surface area contributed by atoms with Gasteiger partial charge in [-0.25, -0.2) is 0 Å². The minimum Gasteiger partial charge on any atom is -0.394 e. The van der Waals surface area contributed by atoms with Gasteiger partial charge in [0.1, 0.15) is 6.10 Å². The fourth-order valence-electron chi connectivity index (χ4n) is 3.84. The number of hydrogen-bond acceptors (Lipinski definition) is 6. The fraction of sp³-hybridized carbons (Fsp3) is 0.826. The van der Waals surface area contributed by atoms with Gasteiger partial charge in [-0.2, -0.15) is 0 Å². The lowest BCUT2D eigenvalue weighted by Gasteiger charge is -2.20. The van der Waals surface area contributed by atoms with E-state index in [-0.39, 0.29) is 49.0 Å². The van der Waals surface area contributed by atoms with E-state index in [1.807, 2.05) is 25.2 Å². The number of aliphatic hydroxyl groups excluding tert-OH is 2. The summed E-state index contributed by atoms with van der Waals surface area (Å²) in [4.78, 5) is 0. The van der Waals surface area contributed by atoms with Crippen molar-refractivity contribution in [2.24, 2.45) is 11.8 Å². The van der Waals surface area contributed by atoms with Crippen molar-refractivity contribution in [3.05, 3.63) is 23.8 Å². The molecule has 1 rings (SSSR count). The second-order valence-electron chi connectivity index (χ2n) is 8.19.